The fourth-order valence-corrected chi connectivity index (χ4v) is 6.17. The Balaban J connectivity index is 1.69. The van der Waals surface area contributed by atoms with Crippen LogP contribution in [0.25, 0.3) is 0 Å². The Hall–Kier alpha value is -1.86. The zero-order valence-electron chi connectivity index (χ0n) is 12.3. The predicted octanol–water partition coefficient (Wildman–Crippen LogP) is 3.69. The lowest BCUT2D eigenvalue weighted by Gasteiger charge is -2.51. The molecule has 5 aliphatic rings. The topological polar surface area (TPSA) is 20.2 Å². The van der Waals surface area contributed by atoms with Crippen LogP contribution in [0.3, 0.4) is 0 Å². The molecule has 1 fully saturated rings. The first-order valence-corrected chi connectivity index (χ1v) is 8.40. The van der Waals surface area contributed by atoms with Crippen molar-refractivity contribution in [2.24, 2.45) is 23.7 Å². The van der Waals surface area contributed by atoms with Crippen LogP contribution in [0.15, 0.2) is 60.7 Å². The molecule has 0 aliphatic heterocycles. The van der Waals surface area contributed by atoms with Gasteiger partial charge in [0.25, 0.3) is 0 Å². The summed E-state index contributed by atoms with van der Waals surface area (Å²) in [7, 11) is 0. The lowest BCUT2D eigenvalue weighted by atomic mass is 9.52. The lowest BCUT2D eigenvalue weighted by Crippen LogP contribution is -2.41. The molecule has 22 heavy (non-hydrogen) atoms. The number of aliphatic hydroxyl groups is 1. The van der Waals surface area contributed by atoms with E-state index in [0.29, 0.717) is 35.5 Å². The Morgan fingerprint density at radius 3 is 1.32 bits per heavy atom. The second-order valence-corrected chi connectivity index (χ2v) is 7.40. The van der Waals surface area contributed by atoms with Crippen LogP contribution in [-0.4, -0.2) is 11.2 Å². The van der Waals surface area contributed by atoms with Gasteiger partial charge in [0, 0.05) is 23.7 Å². The van der Waals surface area contributed by atoms with E-state index < -0.39 is 0 Å². The van der Waals surface area contributed by atoms with Gasteiger partial charge in [-0.05, 0) is 34.1 Å². The third-order valence-electron chi connectivity index (χ3n) is 6.78. The van der Waals surface area contributed by atoms with Crippen molar-refractivity contribution in [3.05, 3.63) is 82.9 Å². The number of aliphatic hydroxyl groups excluding tert-OH is 1. The third-order valence-corrected chi connectivity index (χ3v) is 6.78. The highest BCUT2D eigenvalue weighted by molar-refractivity contribution is 5.58. The predicted molar refractivity (Wildman–Crippen MR) is 85.7 cm³/mol. The first kappa shape index (κ1) is 11.7. The van der Waals surface area contributed by atoms with Crippen LogP contribution >= 0.6 is 0 Å². The van der Waals surface area contributed by atoms with E-state index in [0.717, 1.165) is 0 Å². The molecule has 0 spiro atoms. The molecule has 2 aromatic carbocycles. The lowest BCUT2D eigenvalue weighted by molar-refractivity contribution is 0.127. The summed E-state index contributed by atoms with van der Waals surface area (Å²) in [6.07, 6.45) is 4.42. The summed E-state index contributed by atoms with van der Waals surface area (Å²) in [6.45, 7) is 0. The first-order chi connectivity index (χ1) is 10.9. The Morgan fingerprint density at radius 1 is 0.591 bits per heavy atom. The summed E-state index contributed by atoms with van der Waals surface area (Å²) < 4.78 is 0. The van der Waals surface area contributed by atoms with Gasteiger partial charge in [-0.15, -0.1) is 0 Å². The molecule has 5 aliphatic carbocycles. The van der Waals surface area contributed by atoms with E-state index in [9.17, 15) is 5.11 Å². The second kappa shape index (κ2) is 3.72. The molecule has 108 valence electrons. The molecule has 1 unspecified atom stereocenters. The fraction of sp³-hybridized carbons (Fsp3) is 0.333. The van der Waals surface area contributed by atoms with Gasteiger partial charge in [-0.25, -0.2) is 0 Å². The van der Waals surface area contributed by atoms with Crippen molar-refractivity contribution in [1.82, 2.24) is 0 Å². The molecule has 2 aromatic rings. The molecule has 1 saturated carbocycles. The zero-order valence-corrected chi connectivity index (χ0v) is 12.3. The fourth-order valence-electron chi connectivity index (χ4n) is 6.17. The maximum absolute atomic E-state index is 10.7. The summed E-state index contributed by atoms with van der Waals surface area (Å²) in [5, 5.41) is 10.7. The van der Waals surface area contributed by atoms with Crippen molar-refractivity contribution in [3.63, 3.8) is 0 Å². The van der Waals surface area contributed by atoms with E-state index in [1.54, 1.807) is 0 Å². The number of hydrogen-bond acceptors (Lipinski definition) is 1. The highest BCUT2D eigenvalue weighted by atomic mass is 16.3. The quantitative estimate of drug-likeness (QED) is 0.732. The van der Waals surface area contributed by atoms with Gasteiger partial charge in [0.1, 0.15) is 0 Å². The van der Waals surface area contributed by atoms with Crippen molar-refractivity contribution in [2.75, 3.05) is 0 Å². The summed E-state index contributed by atoms with van der Waals surface area (Å²) in [5.41, 5.74) is 6.06. The molecule has 5 atom stereocenters. The normalized spacial score (nSPS) is 42.1. The largest absolute Gasteiger partial charge is 0.392 e. The Bertz CT molecular complexity index is 707. The molecule has 0 aromatic heterocycles. The highest BCUT2D eigenvalue weighted by Gasteiger charge is 2.62. The number of rotatable bonds is 0. The molecule has 0 heterocycles. The van der Waals surface area contributed by atoms with Gasteiger partial charge in [-0.3, -0.25) is 0 Å². The first-order valence-electron chi connectivity index (χ1n) is 8.40. The average Bonchev–Trinajstić information content (AvgIpc) is 3.08. The standard InChI is InChI=1S/C21H18O/c22-21-15-9-10-16(21)20-18-12-6-2-1-5-11(12)17(19(15)20)13-7-3-4-8-14(13)18/h1-10,15-22H/t15-,16-,17?,18?,19-,20+,21?/m0/s1. The Morgan fingerprint density at radius 2 is 0.955 bits per heavy atom. The summed E-state index contributed by atoms with van der Waals surface area (Å²) in [5.74, 6) is 2.81. The van der Waals surface area contributed by atoms with E-state index in [2.05, 4.69) is 60.7 Å². The maximum Gasteiger partial charge on any atom is 0.0671 e. The highest BCUT2D eigenvalue weighted by Crippen LogP contribution is 2.67. The minimum Gasteiger partial charge on any atom is -0.392 e. The molecule has 7 rings (SSSR count). The molecule has 0 saturated heterocycles. The minimum atomic E-state index is -0.163. The summed E-state index contributed by atoms with van der Waals surface area (Å²) >= 11 is 0. The van der Waals surface area contributed by atoms with Crippen LogP contribution in [0.2, 0.25) is 0 Å². The van der Waals surface area contributed by atoms with Gasteiger partial charge >= 0.3 is 0 Å². The van der Waals surface area contributed by atoms with E-state index in [1.807, 2.05) is 0 Å². The third kappa shape index (κ3) is 1.11. The molecular weight excluding hydrogens is 268 g/mol. The van der Waals surface area contributed by atoms with Gasteiger partial charge in [-0.2, -0.15) is 0 Å². The van der Waals surface area contributed by atoms with Crippen molar-refractivity contribution in [2.45, 2.75) is 17.9 Å². The molecule has 0 amide bonds. The van der Waals surface area contributed by atoms with Crippen LogP contribution in [0.4, 0.5) is 0 Å². The maximum atomic E-state index is 10.7. The van der Waals surface area contributed by atoms with Gasteiger partial charge in [-0.1, -0.05) is 60.7 Å². The van der Waals surface area contributed by atoms with Crippen LogP contribution in [-0.2, 0) is 0 Å². The monoisotopic (exact) mass is 286 g/mol. The van der Waals surface area contributed by atoms with Crippen molar-refractivity contribution in [3.8, 4) is 0 Å². The molecular formula is C21H18O. The zero-order chi connectivity index (χ0) is 14.4. The molecule has 1 nitrogen and oxygen atoms in total. The van der Waals surface area contributed by atoms with Crippen LogP contribution < -0.4 is 0 Å². The molecule has 0 radical (unpaired) electrons. The van der Waals surface area contributed by atoms with Gasteiger partial charge in [0.2, 0.25) is 0 Å². The summed E-state index contributed by atoms with van der Waals surface area (Å²) in [4.78, 5) is 0. The molecule has 1 heteroatoms. The average molecular weight is 286 g/mol. The molecule has 1 N–H and O–H groups in total. The van der Waals surface area contributed by atoms with Gasteiger partial charge in [0.15, 0.2) is 0 Å². The Kier molecular flexibility index (Phi) is 1.97. The number of hydrogen-bond donors (Lipinski definition) is 1. The van der Waals surface area contributed by atoms with Crippen LogP contribution in [0, 0.1) is 23.7 Å². The van der Waals surface area contributed by atoms with Gasteiger partial charge in [0.05, 0.1) is 6.10 Å². The Labute approximate surface area is 130 Å². The number of benzene rings is 2. The van der Waals surface area contributed by atoms with Crippen molar-refractivity contribution >= 4 is 0 Å². The van der Waals surface area contributed by atoms with E-state index in [4.69, 9.17) is 0 Å². The van der Waals surface area contributed by atoms with Crippen molar-refractivity contribution in [1.29, 1.82) is 0 Å². The van der Waals surface area contributed by atoms with Crippen LogP contribution in [0.5, 0.6) is 0 Å². The molecule has 4 bridgehead atoms. The van der Waals surface area contributed by atoms with E-state index in [1.165, 1.54) is 22.3 Å². The van der Waals surface area contributed by atoms with Crippen molar-refractivity contribution < 1.29 is 5.11 Å². The van der Waals surface area contributed by atoms with Crippen LogP contribution in [0.1, 0.15) is 34.1 Å². The van der Waals surface area contributed by atoms with Gasteiger partial charge < -0.3 is 5.11 Å². The van der Waals surface area contributed by atoms with E-state index >= 15 is 0 Å². The smallest absolute Gasteiger partial charge is 0.0671 e. The van der Waals surface area contributed by atoms with E-state index in [-0.39, 0.29) is 6.10 Å². The SMILES string of the molecule is OC1[C@H]2C=C[C@H]1[C@H]1C3c4ccccc4C(c4ccccc43)[C@H]12. The second-order valence-electron chi connectivity index (χ2n) is 7.40. The number of fused-ring (bicyclic) bond motifs is 2. The summed E-state index contributed by atoms with van der Waals surface area (Å²) in [6, 6.07) is 18.0. The minimum absolute atomic E-state index is 0.163.